The summed E-state index contributed by atoms with van der Waals surface area (Å²) >= 11 is 51.1. The third-order valence-electron chi connectivity index (χ3n) is 4.17. The van der Waals surface area contributed by atoms with E-state index in [9.17, 15) is 0 Å². The van der Waals surface area contributed by atoms with Crippen molar-refractivity contribution in [2.24, 2.45) is 0 Å². The van der Waals surface area contributed by atoms with Crippen molar-refractivity contribution < 1.29 is 0 Å². The highest BCUT2D eigenvalue weighted by Gasteiger charge is 2.86. The Morgan fingerprint density at radius 1 is 0.778 bits per heavy atom. The van der Waals surface area contributed by atoms with Crippen molar-refractivity contribution in [2.75, 3.05) is 0 Å². The largest absolute Gasteiger partial charge is 0.189 e. The molecule has 3 rings (SSSR count). The van der Waals surface area contributed by atoms with Gasteiger partial charge in [-0.1, -0.05) is 75.2 Å². The number of fused-ring (bicyclic) bond motifs is 4. The average molecular weight is 410 g/mol. The molecule has 0 aromatic rings. The van der Waals surface area contributed by atoms with E-state index in [1.165, 1.54) is 0 Å². The molecular formula is C10H6Cl8. The topological polar surface area (TPSA) is 0 Å². The molecule has 0 N–H and O–H groups in total. The minimum Gasteiger partial charge on any atom is -0.117 e. The minimum absolute atomic E-state index is 0.483. The summed E-state index contributed by atoms with van der Waals surface area (Å²) in [5.74, 6) is 0. The van der Waals surface area contributed by atoms with Gasteiger partial charge in [0.05, 0.1) is 4.87 Å². The third-order valence-corrected chi connectivity index (χ3v) is 9.88. The molecule has 2 bridgehead atoms. The first-order valence-corrected chi connectivity index (χ1v) is 8.20. The van der Waals surface area contributed by atoms with Crippen molar-refractivity contribution in [3.63, 3.8) is 0 Å². The molecule has 2 atom stereocenters. The lowest BCUT2D eigenvalue weighted by Crippen LogP contribution is -2.56. The van der Waals surface area contributed by atoms with E-state index in [1.54, 1.807) is 0 Å². The Morgan fingerprint density at radius 2 is 1.33 bits per heavy atom. The number of allylic oxidation sites excluding steroid dienone is 2. The van der Waals surface area contributed by atoms with Crippen LogP contribution >= 0.6 is 92.8 Å². The highest BCUT2D eigenvalue weighted by atomic mass is 35.5. The van der Waals surface area contributed by atoms with E-state index in [0.29, 0.717) is 18.4 Å². The van der Waals surface area contributed by atoms with Crippen LogP contribution in [0.5, 0.6) is 0 Å². The average Bonchev–Trinajstić information content (AvgIpc) is 2.71. The van der Waals surface area contributed by atoms with Gasteiger partial charge in [-0.2, -0.15) is 0 Å². The SMILES string of the molecule is ClC12CCC(=C3C(Cl)(Cl)C(Cl)(Cl)C(Cl)(Cl)C31Cl)C2. The summed E-state index contributed by atoms with van der Waals surface area (Å²) in [7, 11) is 0. The maximum atomic E-state index is 6.68. The monoisotopic (exact) mass is 406 g/mol. The summed E-state index contributed by atoms with van der Waals surface area (Å²) in [6, 6.07) is 0. The lowest BCUT2D eigenvalue weighted by molar-refractivity contribution is 0.455. The first-order valence-electron chi connectivity index (χ1n) is 5.18. The zero-order chi connectivity index (χ0) is 13.8. The van der Waals surface area contributed by atoms with Gasteiger partial charge in [-0.05, 0) is 24.8 Å². The Kier molecular flexibility index (Phi) is 3.07. The quantitative estimate of drug-likeness (QED) is 0.341. The van der Waals surface area contributed by atoms with Crippen molar-refractivity contribution in [3.8, 4) is 0 Å². The Morgan fingerprint density at radius 3 is 1.83 bits per heavy atom. The second-order valence-electron chi connectivity index (χ2n) is 5.00. The summed E-state index contributed by atoms with van der Waals surface area (Å²) in [6.45, 7) is 0. The van der Waals surface area contributed by atoms with Crippen molar-refractivity contribution >= 4 is 92.8 Å². The van der Waals surface area contributed by atoms with Gasteiger partial charge in [0.25, 0.3) is 0 Å². The molecule has 0 aromatic carbocycles. The van der Waals surface area contributed by atoms with E-state index in [4.69, 9.17) is 92.8 Å². The van der Waals surface area contributed by atoms with E-state index in [2.05, 4.69) is 0 Å². The van der Waals surface area contributed by atoms with Crippen LogP contribution in [-0.2, 0) is 0 Å². The molecule has 0 aliphatic heterocycles. The molecule has 2 saturated carbocycles. The van der Waals surface area contributed by atoms with Crippen LogP contribution in [0.15, 0.2) is 11.1 Å². The van der Waals surface area contributed by atoms with Crippen LogP contribution in [0.25, 0.3) is 0 Å². The molecule has 3 aliphatic carbocycles. The summed E-state index contributed by atoms with van der Waals surface area (Å²) < 4.78 is -5.29. The number of hydrogen-bond donors (Lipinski definition) is 0. The molecule has 0 heterocycles. The van der Waals surface area contributed by atoms with Gasteiger partial charge in [0, 0.05) is 0 Å². The van der Waals surface area contributed by atoms with Crippen molar-refractivity contribution in [1.82, 2.24) is 0 Å². The molecule has 18 heavy (non-hydrogen) atoms. The van der Waals surface area contributed by atoms with E-state index in [-0.39, 0.29) is 0 Å². The highest BCUT2D eigenvalue weighted by molar-refractivity contribution is 6.75. The summed E-state index contributed by atoms with van der Waals surface area (Å²) in [4.78, 5) is -2.20. The predicted molar refractivity (Wildman–Crippen MR) is 81.4 cm³/mol. The van der Waals surface area contributed by atoms with E-state index in [1.807, 2.05) is 0 Å². The van der Waals surface area contributed by atoms with Gasteiger partial charge < -0.3 is 0 Å². The van der Waals surface area contributed by atoms with Gasteiger partial charge in [0.15, 0.2) is 13.0 Å². The predicted octanol–water partition coefficient (Wildman–Crippen LogP) is 5.97. The summed E-state index contributed by atoms with van der Waals surface area (Å²) in [6.07, 6.45) is 1.95. The second-order valence-corrected chi connectivity index (χ2v) is 10.3. The molecule has 2 unspecified atom stereocenters. The van der Waals surface area contributed by atoms with Gasteiger partial charge in [-0.3, -0.25) is 0 Å². The zero-order valence-electron chi connectivity index (χ0n) is 8.65. The van der Waals surface area contributed by atoms with Crippen LogP contribution in [0, 0.1) is 0 Å². The fraction of sp³-hybridized carbons (Fsp3) is 0.800. The lowest BCUT2D eigenvalue weighted by atomic mass is 9.86. The molecule has 102 valence electrons. The number of alkyl halides is 8. The van der Waals surface area contributed by atoms with Crippen LogP contribution < -0.4 is 0 Å². The van der Waals surface area contributed by atoms with Crippen molar-refractivity contribution in [3.05, 3.63) is 11.1 Å². The normalized spacial score (nSPS) is 46.7. The lowest BCUT2D eigenvalue weighted by Gasteiger charge is -2.43. The molecule has 3 aliphatic rings. The first-order chi connectivity index (χ1) is 7.93. The molecule has 2 fully saturated rings. The van der Waals surface area contributed by atoms with Crippen LogP contribution in [-0.4, -0.2) is 22.7 Å². The summed E-state index contributed by atoms with van der Waals surface area (Å²) in [5.41, 5.74) is 1.44. The third kappa shape index (κ3) is 1.24. The van der Waals surface area contributed by atoms with Crippen LogP contribution in [0.2, 0.25) is 0 Å². The Hall–Kier alpha value is 2.06. The van der Waals surface area contributed by atoms with E-state index < -0.39 is 22.7 Å². The van der Waals surface area contributed by atoms with Gasteiger partial charge >= 0.3 is 0 Å². The Balaban J connectivity index is 2.38. The van der Waals surface area contributed by atoms with E-state index in [0.717, 1.165) is 12.0 Å². The smallest absolute Gasteiger partial charge is 0.117 e. The van der Waals surface area contributed by atoms with Crippen LogP contribution in [0.1, 0.15) is 19.3 Å². The molecule has 8 heteroatoms. The zero-order valence-corrected chi connectivity index (χ0v) is 14.7. The van der Waals surface area contributed by atoms with Crippen molar-refractivity contribution in [1.29, 1.82) is 0 Å². The van der Waals surface area contributed by atoms with Crippen molar-refractivity contribution in [2.45, 2.75) is 42.0 Å². The fourth-order valence-electron chi connectivity index (χ4n) is 3.29. The minimum atomic E-state index is -1.85. The molecule has 0 spiro atoms. The number of halogens is 8. The summed E-state index contributed by atoms with van der Waals surface area (Å²) in [5, 5.41) is 0. The maximum Gasteiger partial charge on any atom is 0.189 e. The standard InChI is InChI=1S/C10H6Cl8/c11-6-2-1-4(3-6)5-7(6,12)9(15,16)10(17,18)8(5,13)14/h1-3H2. The van der Waals surface area contributed by atoms with Gasteiger partial charge in [-0.25, -0.2) is 0 Å². The van der Waals surface area contributed by atoms with Gasteiger partial charge in [0.1, 0.15) is 4.87 Å². The van der Waals surface area contributed by atoms with Crippen LogP contribution in [0.3, 0.4) is 0 Å². The fourth-order valence-corrected chi connectivity index (χ4v) is 6.98. The Labute approximate surface area is 145 Å². The maximum absolute atomic E-state index is 6.68. The molecule has 0 radical (unpaired) electrons. The van der Waals surface area contributed by atoms with Gasteiger partial charge in [0.2, 0.25) is 0 Å². The number of rotatable bonds is 0. The van der Waals surface area contributed by atoms with E-state index >= 15 is 0 Å². The molecule has 0 amide bonds. The molecule has 0 aromatic heterocycles. The Bertz CT molecular complexity index is 478. The van der Waals surface area contributed by atoms with Gasteiger partial charge in [-0.15, -0.1) is 23.2 Å². The molecule has 0 nitrogen and oxygen atoms in total. The highest BCUT2D eigenvalue weighted by Crippen LogP contribution is 2.80. The first kappa shape index (κ1) is 15.0. The van der Waals surface area contributed by atoms with Crippen LogP contribution in [0.4, 0.5) is 0 Å². The molecule has 0 saturated heterocycles. The second kappa shape index (κ2) is 3.69. The number of hydrogen-bond acceptors (Lipinski definition) is 0. The molecular weight excluding hydrogens is 404 g/mol.